The van der Waals surface area contributed by atoms with Gasteiger partial charge in [-0.25, -0.2) is 0 Å². The first kappa shape index (κ1) is 15.0. The summed E-state index contributed by atoms with van der Waals surface area (Å²) >= 11 is 0. The van der Waals surface area contributed by atoms with Gasteiger partial charge in [-0.3, -0.25) is 4.79 Å². The molecule has 1 saturated heterocycles. The van der Waals surface area contributed by atoms with Gasteiger partial charge in [0.15, 0.2) is 0 Å². The molecule has 1 aliphatic rings. The van der Waals surface area contributed by atoms with Crippen molar-refractivity contribution in [2.45, 2.75) is 33.1 Å². The highest BCUT2D eigenvalue weighted by molar-refractivity contribution is 5.84. The van der Waals surface area contributed by atoms with Crippen LogP contribution >= 0.6 is 0 Å². The molecule has 0 radical (unpaired) electrons. The van der Waals surface area contributed by atoms with Crippen molar-refractivity contribution in [2.24, 2.45) is 11.3 Å². The van der Waals surface area contributed by atoms with E-state index in [2.05, 4.69) is 26.1 Å². The Morgan fingerprint density at radius 1 is 1.35 bits per heavy atom. The third-order valence-corrected chi connectivity index (χ3v) is 4.24. The summed E-state index contributed by atoms with van der Waals surface area (Å²) in [6.45, 7) is 8.61. The maximum absolute atomic E-state index is 12.6. The van der Waals surface area contributed by atoms with Crippen LogP contribution in [0.1, 0.15) is 38.7 Å². The second-order valence-electron chi connectivity index (χ2n) is 6.30. The van der Waals surface area contributed by atoms with E-state index in [1.165, 1.54) is 0 Å². The quantitative estimate of drug-likeness (QED) is 0.867. The number of benzene rings is 1. The van der Waals surface area contributed by atoms with Crippen LogP contribution in [-0.2, 0) is 9.53 Å². The summed E-state index contributed by atoms with van der Waals surface area (Å²) in [6.07, 6.45) is 0.993. The van der Waals surface area contributed by atoms with Crippen molar-refractivity contribution in [3.63, 3.8) is 0 Å². The average molecular weight is 275 g/mol. The zero-order chi connectivity index (χ0) is 14.6. The van der Waals surface area contributed by atoms with Gasteiger partial charge in [0.1, 0.15) is 0 Å². The third-order valence-electron chi connectivity index (χ3n) is 4.24. The fraction of sp³-hybridized carbons (Fsp3) is 0.588. The maximum atomic E-state index is 12.6. The third kappa shape index (κ3) is 3.40. The van der Waals surface area contributed by atoms with E-state index in [0.29, 0.717) is 12.5 Å². The van der Waals surface area contributed by atoms with E-state index in [0.717, 1.165) is 25.2 Å². The highest BCUT2D eigenvalue weighted by Crippen LogP contribution is 2.29. The lowest BCUT2D eigenvalue weighted by molar-refractivity contribution is -0.129. The van der Waals surface area contributed by atoms with Crippen LogP contribution in [0.25, 0.3) is 0 Å². The number of ether oxygens (including phenoxy) is 1. The molecule has 1 fully saturated rings. The highest BCUT2D eigenvalue weighted by atomic mass is 16.5. The molecule has 3 nitrogen and oxygen atoms in total. The van der Waals surface area contributed by atoms with Crippen LogP contribution in [0.4, 0.5) is 0 Å². The van der Waals surface area contributed by atoms with Gasteiger partial charge in [-0.2, -0.15) is 0 Å². The van der Waals surface area contributed by atoms with Gasteiger partial charge in [0.25, 0.3) is 0 Å². The molecule has 0 aromatic heterocycles. The lowest BCUT2D eigenvalue weighted by atomic mass is 9.84. The lowest BCUT2D eigenvalue weighted by Crippen LogP contribution is -2.49. The number of carbonyl (C=O) groups is 1. The Balaban J connectivity index is 2.04. The second kappa shape index (κ2) is 6.40. The van der Waals surface area contributed by atoms with E-state index >= 15 is 0 Å². The molecular weight excluding hydrogens is 250 g/mol. The molecule has 0 spiro atoms. The van der Waals surface area contributed by atoms with Crippen molar-refractivity contribution >= 4 is 5.91 Å². The largest absolute Gasteiger partial charge is 0.380 e. The van der Waals surface area contributed by atoms with Crippen LogP contribution in [0, 0.1) is 11.3 Å². The zero-order valence-corrected chi connectivity index (χ0v) is 12.7. The SMILES string of the molecule is CCC(C)C(C(=O)NCC1(C)COC1)c1ccccc1. The molecule has 1 heterocycles. The van der Waals surface area contributed by atoms with E-state index in [9.17, 15) is 4.79 Å². The van der Waals surface area contributed by atoms with Crippen LogP contribution in [0.2, 0.25) is 0 Å². The highest BCUT2D eigenvalue weighted by Gasteiger charge is 2.35. The van der Waals surface area contributed by atoms with Crippen molar-refractivity contribution in [2.75, 3.05) is 19.8 Å². The maximum Gasteiger partial charge on any atom is 0.227 e. The summed E-state index contributed by atoms with van der Waals surface area (Å²) in [5.41, 5.74) is 1.22. The Morgan fingerprint density at radius 3 is 2.50 bits per heavy atom. The molecule has 0 saturated carbocycles. The van der Waals surface area contributed by atoms with E-state index in [1.54, 1.807) is 0 Å². The summed E-state index contributed by atoms with van der Waals surface area (Å²) in [7, 11) is 0. The second-order valence-corrected chi connectivity index (χ2v) is 6.30. The molecular formula is C17H25NO2. The number of hydrogen-bond donors (Lipinski definition) is 1. The molecule has 2 unspecified atom stereocenters. The van der Waals surface area contributed by atoms with Crippen LogP contribution in [0.15, 0.2) is 30.3 Å². The molecule has 110 valence electrons. The van der Waals surface area contributed by atoms with Gasteiger partial charge in [-0.05, 0) is 11.5 Å². The van der Waals surface area contributed by atoms with Crippen molar-refractivity contribution in [1.82, 2.24) is 5.32 Å². The molecule has 0 aliphatic carbocycles. The van der Waals surface area contributed by atoms with E-state index in [-0.39, 0.29) is 17.2 Å². The minimum Gasteiger partial charge on any atom is -0.380 e. The first-order chi connectivity index (χ1) is 9.56. The average Bonchev–Trinajstić information content (AvgIpc) is 2.44. The summed E-state index contributed by atoms with van der Waals surface area (Å²) in [4.78, 5) is 12.6. The van der Waals surface area contributed by atoms with Gasteiger partial charge in [0.2, 0.25) is 5.91 Å². The van der Waals surface area contributed by atoms with Gasteiger partial charge < -0.3 is 10.1 Å². The monoisotopic (exact) mass is 275 g/mol. The molecule has 2 rings (SSSR count). The molecule has 2 atom stereocenters. The zero-order valence-electron chi connectivity index (χ0n) is 12.7. The standard InChI is InChI=1S/C17H25NO2/c1-4-13(2)15(14-8-6-5-7-9-14)16(19)18-10-17(3)11-20-12-17/h5-9,13,15H,4,10-12H2,1-3H3,(H,18,19). The first-order valence-corrected chi connectivity index (χ1v) is 7.46. The Hall–Kier alpha value is -1.35. The summed E-state index contributed by atoms with van der Waals surface area (Å²) in [5.74, 6) is 0.410. The number of rotatable bonds is 6. The Morgan fingerprint density at radius 2 is 2.00 bits per heavy atom. The van der Waals surface area contributed by atoms with Gasteiger partial charge >= 0.3 is 0 Å². The van der Waals surface area contributed by atoms with Crippen molar-refractivity contribution in [3.8, 4) is 0 Å². The smallest absolute Gasteiger partial charge is 0.227 e. The van der Waals surface area contributed by atoms with E-state index < -0.39 is 0 Å². The molecule has 1 aliphatic heterocycles. The first-order valence-electron chi connectivity index (χ1n) is 7.46. The number of nitrogens with one attached hydrogen (secondary N) is 1. The summed E-state index contributed by atoms with van der Waals surface area (Å²) in [6, 6.07) is 10.1. The van der Waals surface area contributed by atoms with Crippen LogP contribution < -0.4 is 5.32 Å². The van der Waals surface area contributed by atoms with Crippen molar-refractivity contribution in [1.29, 1.82) is 0 Å². The Bertz CT molecular complexity index is 440. The lowest BCUT2D eigenvalue weighted by Gasteiger charge is -2.38. The minimum absolute atomic E-state index is 0.0641. The topological polar surface area (TPSA) is 38.3 Å². The molecule has 20 heavy (non-hydrogen) atoms. The normalized spacial score (nSPS) is 19.8. The molecule has 1 aromatic carbocycles. The van der Waals surface area contributed by atoms with E-state index in [1.807, 2.05) is 30.3 Å². The van der Waals surface area contributed by atoms with Crippen LogP contribution in [0.5, 0.6) is 0 Å². The molecule has 1 amide bonds. The fourth-order valence-electron chi connectivity index (χ4n) is 2.60. The van der Waals surface area contributed by atoms with Gasteiger partial charge in [-0.15, -0.1) is 0 Å². The van der Waals surface area contributed by atoms with Crippen molar-refractivity contribution < 1.29 is 9.53 Å². The van der Waals surface area contributed by atoms with Crippen LogP contribution in [-0.4, -0.2) is 25.7 Å². The van der Waals surface area contributed by atoms with Gasteiger partial charge in [0.05, 0.1) is 19.1 Å². The fourth-order valence-corrected chi connectivity index (χ4v) is 2.60. The van der Waals surface area contributed by atoms with E-state index in [4.69, 9.17) is 4.74 Å². The Labute approximate surface area is 121 Å². The van der Waals surface area contributed by atoms with Gasteiger partial charge in [0, 0.05) is 12.0 Å². The minimum atomic E-state index is -0.0641. The number of amides is 1. The Kier molecular flexibility index (Phi) is 4.81. The predicted octanol–water partition coefficient (Wildman–Crippen LogP) is 2.97. The molecule has 1 N–H and O–H groups in total. The predicted molar refractivity (Wildman–Crippen MR) is 80.6 cm³/mol. The van der Waals surface area contributed by atoms with Crippen molar-refractivity contribution in [3.05, 3.63) is 35.9 Å². The van der Waals surface area contributed by atoms with Gasteiger partial charge in [-0.1, -0.05) is 57.5 Å². The number of carbonyl (C=O) groups excluding carboxylic acids is 1. The summed E-state index contributed by atoms with van der Waals surface area (Å²) < 4.78 is 5.23. The number of hydrogen-bond acceptors (Lipinski definition) is 2. The summed E-state index contributed by atoms with van der Waals surface area (Å²) in [5, 5.41) is 3.12. The van der Waals surface area contributed by atoms with Crippen LogP contribution in [0.3, 0.4) is 0 Å². The molecule has 3 heteroatoms. The molecule has 0 bridgehead atoms. The molecule has 1 aromatic rings.